The lowest BCUT2D eigenvalue weighted by molar-refractivity contribution is -0.119. The molecule has 0 aliphatic carbocycles. The molecule has 0 saturated carbocycles. The van der Waals surface area contributed by atoms with Crippen molar-refractivity contribution in [2.24, 2.45) is 0 Å². The molecule has 0 spiro atoms. The van der Waals surface area contributed by atoms with E-state index in [1.807, 2.05) is 0 Å². The largest absolute Gasteiger partial charge is 0.352 e. The average molecular weight is 240 g/mol. The molecule has 9 heavy (non-hydrogen) atoms. The molecular formula is C5H9IN2O. The maximum absolute atomic E-state index is 10.6. The molecular weight excluding hydrogens is 231 g/mol. The number of halogens is 1. The third-order valence-electron chi connectivity index (χ3n) is 1.41. The van der Waals surface area contributed by atoms with Crippen molar-refractivity contribution < 1.29 is 4.79 Å². The van der Waals surface area contributed by atoms with E-state index in [9.17, 15) is 4.79 Å². The second kappa shape index (κ2) is 3.36. The van der Waals surface area contributed by atoms with Crippen LogP contribution in [0.1, 0.15) is 12.8 Å². The van der Waals surface area contributed by atoms with Crippen molar-refractivity contribution in [1.82, 2.24) is 8.85 Å². The average Bonchev–Trinajstić information content (AvgIpc) is 2.17. The molecule has 1 amide bonds. The zero-order valence-electron chi connectivity index (χ0n) is 4.98. The van der Waals surface area contributed by atoms with E-state index >= 15 is 0 Å². The Kier molecular flexibility index (Phi) is 2.71. The molecule has 0 unspecified atom stereocenters. The summed E-state index contributed by atoms with van der Waals surface area (Å²) in [5.41, 5.74) is 0. The molecule has 1 fully saturated rings. The Balaban J connectivity index is 2.22. The summed E-state index contributed by atoms with van der Waals surface area (Å²) in [7, 11) is 0. The normalized spacial score (nSPS) is 26.3. The number of rotatable bonds is 2. The highest BCUT2D eigenvalue weighted by Crippen LogP contribution is 2.04. The third-order valence-corrected chi connectivity index (χ3v) is 1.85. The third kappa shape index (κ3) is 2.09. The Hall–Kier alpha value is 0.160. The first-order valence-corrected chi connectivity index (χ1v) is 4.03. The van der Waals surface area contributed by atoms with Gasteiger partial charge in [0.1, 0.15) is 0 Å². The molecule has 0 radical (unpaired) electrons. The molecule has 4 heteroatoms. The quantitative estimate of drug-likeness (QED) is 0.535. The van der Waals surface area contributed by atoms with Crippen LogP contribution >= 0.6 is 22.9 Å². The van der Waals surface area contributed by atoms with Crippen LogP contribution in [0.3, 0.4) is 0 Å². The predicted molar refractivity (Wildman–Crippen MR) is 43.2 cm³/mol. The van der Waals surface area contributed by atoms with E-state index in [1.165, 1.54) is 0 Å². The summed E-state index contributed by atoms with van der Waals surface area (Å²) in [5.74, 6) is 0.187. The standard InChI is InChI=1S/C5H9IN2O/c6-7-3-4-1-2-5(9)8-4/h4,7H,1-3H2,(H,8,9)/t4-/m1/s1. The fourth-order valence-corrected chi connectivity index (χ4v) is 1.46. The van der Waals surface area contributed by atoms with Gasteiger partial charge in [-0.05, 0) is 6.42 Å². The first-order chi connectivity index (χ1) is 4.33. The molecule has 1 atom stereocenters. The Morgan fingerprint density at radius 3 is 3.11 bits per heavy atom. The summed E-state index contributed by atoms with van der Waals surface area (Å²) < 4.78 is 2.99. The van der Waals surface area contributed by atoms with Gasteiger partial charge in [-0.15, -0.1) is 0 Å². The Bertz CT molecular complexity index is 118. The molecule has 3 nitrogen and oxygen atoms in total. The van der Waals surface area contributed by atoms with E-state index in [-0.39, 0.29) is 5.91 Å². The van der Waals surface area contributed by atoms with Crippen molar-refractivity contribution in [3.05, 3.63) is 0 Å². The molecule has 0 bridgehead atoms. The van der Waals surface area contributed by atoms with E-state index < -0.39 is 0 Å². The van der Waals surface area contributed by atoms with Gasteiger partial charge >= 0.3 is 0 Å². The summed E-state index contributed by atoms with van der Waals surface area (Å²) in [5, 5.41) is 2.85. The molecule has 1 saturated heterocycles. The van der Waals surface area contributed by atoms with Crippen molar-refractivity contribution in [3.63, 3.8) is 0 Å². The van der Waals surface area contributed by atoms with Crippen LogP contribution < -0.4 is 8.85 Å². The van der Waals surface area contributed by atoms with E-state index in [0.717, 1.165) is 13.0 Å². The number of hydrogen-bond donors (Lipinski definition) is 2. The van der Waals surface area contributed by atoms with E-state index in [4.69, 9.17) is 0 Å². The van der Waals surface area contributed by atoms with Crippen LogP contribution in [0.5, 0.6) is 0 Å². The number of nitrogens with one attached hydrogen (secondary N) is 2. The van der Waals surface area contributed by atoms with Crippen molar-refractivity contribution in [2.75, 3.05) is 6.54 Å². The molecule has 1 rings (SSSR count). The van der Waals surface area contributed by atoms with Crippen molar-refractivity contribution >= 4 is 28.8 Å². The van der Waals surface area contributed by atoms with Crippen molar-refractivity contribution in [1.29, 1.82) is 0 Å². The summed E-state index contributed by atoms with van der Waals surface area (Å²) >= 11 is 2.08. The lowest BCUT2D eigenvalue weighted by Crippen LogP contribution is -2.32. The first kappa shape index (κ1) is 7.27. The van der Waals surface area contributed by atoms with E-state index in [1.54, 1.807) is 0 Å². The zero-order valence-corrected chi connectivity index (χ0v) is 7.14. The number of carbonyl (C=O) groups excluding carboxylic acids is 1. The van der Waals surface area contributed by atoms with Gasteiger partial charge in [0, 0.05) is 41.9 Å². The van der Waals surface area contributed by atoms with Crippen LogP contribution in [-0.2, 0) is 4.79 Å². The fourth-order valence-electron chi connectivity index (χ4n) is 0.924. The van der Waals surface area contributed by atoms with Gasteiger partial charge in [0.15, 0.2) is 0 Å². The molecule has 1 heterocycles. The minimum absolute atomic E-state index is 0.187. The minimum atomic E-state index is 0.187. The molecule has 0 aromatic rings. The van der Waals surface area contributed by atoms with Crippen LogP contribution in [0.25, 0.3) is 0 Å². The maximum Gasteiger partial charge on any atom is 0.220 e. The fraction of sp³-hybridized carbons (Fsp3) is 0.800. The van der Waals surface area contributed by atoms with Crippen LogP contribution in [0.4, 0.5) is 0 Å². The predicted octanol–water partition coefficient (Wildman–Crippen LogP) is 0.205. The van der Waals surface area contributed by atoms with E-state index in [2.05, 4.69) is 31.7 Å². The van der Waals surface area contributed by atoms with Gasteiger partial charge in [-0.25, -0.2) is 0 Å². The molecule has 1 aliphatic rings. The molecule has 1 aliphatic heterocycles. The van der Waals surface area contributed by atoms with Gasteiger partial charge in [-0.1, -0.05) is 0 Å². The summed E-state index contributed by atoms with van der Waals surface area (Å²) in [6, 6.07) is 0.370. The molecule has 2 N–H and O–H groups in total. The van der Waals surface area contributed by atoms with Gasteiger partial charge < -0.3 is 5.32 Å². The summed E-state index contributed by atoms with van der Waals surface area (Å²) in [6.07, 6.45) is 1.68. The van der Waals surface area contributed by atoms with Crippen LogP contribution in [0, 0.1) is 0 Å². The zero-order chi connectivity index (χ0) is 6.69. The number of carbonyl (C=O) groups is 1. The highest BCUT2D eigenvalue weighted by Gasteiger charge is 2.19. The van der Waals surface area contributed by atoms with Gasteiger partial charge in [0.25, 0.3) is 0 Å². The van der Waals surface area contributed by atoms with Crippen LogP contribution in [0.15, 0.2) is 0 Å². The molecule has 0 aromatic heterocycles. The highest BCUT2D eigenvalue weighted by atomic mass is 127. The number of hydrogen-bond acceptors (Lipinski definition) is 2. The molecule has 0 aromatic carbocycles. The lowest BCUT2D eigenvalue weighted by atomic mass is 10.2. The maximum atomic E-state index is 10.6. The van der Waals surface area contributed by atoms with Crippen LogP contribution in [-0.4, -0.2) is 18.5 Å². The van der Waals surface area contributed by atoms with Crippen molar-refractivity contribution in [3.8, 4) is 0 Å². The lowest BCUT2D eigenvalue weighted by Gasteiger charge is -2.05. The smallest absolute Gasteiger partial charge is 0.220 e. The van der Waals surface area contributed by atoms with Gasteiger partial charge in [0.05, 0.1) is 0 Å². The van der Waals surface area contributed by atoms with E-state index in [0.29, 0.717) is 12.5 Å². The van der Waals surface area contributed by atoms with Crippen LogP contribution in [0.2, 0.25) is 0 Å². The van der Waals surface area contributed by atoms with Crippen molar-refractivity contribution in [2.45, 2.75) is 18.9 Å². The van der Waals surface area contributed by atoms with Gasteiger partial charge in [0.2, 0.25) is 5.91 Å². The Morgan fingerprint density at radius 1 is 1.89 bits per heavy atom. The first-order valence-electron chi connectivity index (χ1n) is 2.96. The van der Waals surface area contributed by atoms with Gasteiger partial charge in [-0.3, -0.25) is 8.32 Å². The minimum Gasteiger partial charge on any atom is -0.352 e. The van der Waals surface area contributed by atoms with Gasteiger partial charge in [-0.2, -0.15) is 0 Å². The second-order valence-corrected chi connectivity index (χ2v) is 2.90. The monoisotopic (exact) mass is 240 g/mol. The molecule has 52 valence electrons. The Labute approximate surface area is 68.1 Å². The SMILES string of the molecule is O=C1CC[C@H](CNI)N1. The summed E-state index contributed by atoms with van der Waals surface area (Å²) in [4.78, 5) is 10.6. The highest BCUT2D eigenvalue weighted by molar-refractivity contribution is 14.1. The topological polar surface area (TPSA) is 41.1 Å². The second-order valence-electron chi connectivity index (χ2n) is 2.14. The Morgan fingerprint density at radius 2 is 2.67 bits per heavy atom. The summed E-state index contributed by atoms with van der Waals surface area (Å²) in [6.45, 7) is 0.881. The number of amides is 1.